The molecule has 3 atom stereocenters. The first-order valence-corrected chi connectivity index (χ1v) is 11.2. The van der Waals surface area contributed by atoms with Gasteiger partial charge in [0.15, 0.2) is 11.6 Å². The van der Waals surface area contributed by atoms with Crippen LogP contribution in [0.2, 0.25) is 0 Å². The molecule has 154 valence electrons. The van der Waals surface area contributed by atoms with Crippen LogP contribution in [0.15, 0.2) is 18.2 Å². The maximum atomic E-state index is 14.4. The van der Waals surface area contributed by atoms with Crippen LogP contribution in [0.25, 0.3) is 0 Å². The summed E-state index contributed by atoms with van der Waals surface area (Å²) in [5.74, 6) is -0.700. The lowest BCUT2D eigenvalue weighted by Crippen LogP contribution is -2.44. The van der Waals surface area contributed by atoms with Gasteiger partial charge >= 0.3 is 5.97 Å². The highest BCUT2D eigenvalue weighted by molar-refractivity contribution is 8.01. The number of nitrogens with zero attached hydrogens (tertiary/aromatic N) is 1. The van der Waals surface area contributed by atoms with E-state index in [4.69, 9.17) is 14.2 Å². The van der Waals surface area contributed by atoms with Gasteiger partial charge in [-0.05, 0) is 37.5 Å². The van der Waals surface area contributed by atoms with E-state index in [2.05, 4.69) is 11.8 Å². The molecule has 0 aromatic heterocycles. The van der Waals surface area contributed by atoms with Crippen molar-refractivity contribution in [3.05, 3.63) is 29.6 Å². The van der Waals surface area contributed by atoms with Gasteiger partial charge in [-0.3, -0.25) is 4.90 Å². The molecule has 0 amide bonds. The fraction of sp³-hybridized carbons (Fsp3) is 0.667. The average molecular weight is 410 g/mol. The Bertz CT molecular complexity index is 712. The van der Waals surface area contributed by atoms with E-state index in [-0.39, 0.29) is 11.4 Å². The first-order chi connectivity index (χ1) is 13.6. The van der Waals surface area contributed by atoms with E-state index in [1.807, 2.05) is 11.8 Å². The van der Waals surface area contributed by atoms with Crippen molar-refractivity contribution in [2.24, 2.45) is 0 Å². The first kappa shape index (κ1) is 20.0. The second-order valence-electron chi connectivity index (χ2n) is 7.78. The normalized spacial score (nSPS) is 29.8. The van der Waals surface area contributed by atoms with Gasteiger partial charge in [0.05, 0.1) is 18.8 Å². The van der Waals surface area contributed by atoms with Crippen LogP contribution in [0.4, 0.5) is 4.39 Å². The summed E-state index contributed by atoms with van der Waals surface area (Å²) in [5.41, 5.74) is 0.00763. The van der Waals surface area contributed by atoms with Crippen molar-refractivity contribution < 1.29 is 23.4 Å². The molecule has 3 aliphatic heterocycles. The molecule has 0 N–H and O–H groups in total. The second-order valence-corrected chi connectivity index (χ2v) is 9.29. The minimum absolute atomic E-state index is 0.164. The molecule has 1 aromatic rings. The summed E-state index contributed by atoms with van der Waals surface area (Å²) >= 11 is 1.97. The van der Waals surface area contributed by atoms with E-state index < -0.39 is 11.8 Å². The number of halogens is 1. The van der Waals surface area contributed by atoms with E-state index in [1.54, 1.807) is 0 Å². The van der Waals surface area contributed by atoms with Crippen molar-refractivity contribution in [2.45, 2.75) is 48.7 Å². The lowest BCUT2D eigenvalue weighted by Gasteiger charge is -2.36. The van der Waals surface area contributed by atoms with Crippen LogP contribution in [0.3, 0.4) is 0 Å². The molecule has 0 radical (unpaired) electrons. The van der Waals surface area contributed by atoms with Gasteiger partial charge in [0.25, 0.3) is 0 Å². The van der Waals surface area contributed by atoms with E-state index in [1.165, 1.54) is 24.6 Å². The number of benzene rings is 1. The molecule has 5 nitrogen and oxygen atoms in total. The molecular formula is C21H28FNO4S. The number of morpholine rings is 1. The quantitative estimate of drug-likeness (QED) is 0.643. The van der Waals surface area contributed by atoms with Crippen LogP contribution in [0.5, 0.6) is 5.75 Å². The Morgan fingerprint density at radius 2 is 2.18 bits per heavy atom. The zero-order valence-corrected chi connectivity index (χ0v) is 17.1. The minimum atomic E-state index is -0.439. The van der Waals surface area contributed by atoms with Gasteiger partial charge in [0.2, 0.25) is 0 Å². The van der Waals surface area contributed by atoms with E-state index in [0.717, 1.165) is 32.4 Å². The molecule has 3 saturated heterocycles. The number of esters is 1. The third-order valence-corrected chi connectivity index (χ3v) is 7.87. The highest BCUT2D eigenvalue weighted by Crippen LogP contribution is 2.54. The summed E-state index contributed by atoms with van der Waals surface area (Å²) in [4.78, 5) is 14.6. The van der Waals surface area contributed by atoms with E-state index in [0.29, 0.717) is 42.4 Å². The summed E-state index contributed by atoms with van der Waals surface area (Å²) in [6.07, 6.45) is 4.13. The number of rotatable bonds is 7. The first-order valence-electron chi connectivity index (χ1n) is 10.2. The van der Waals surface area contributed by atoms with Crippen LogP contribution in [-0.4, -0.2) is 66.4 Å². The molecule has 3 fully saturated rings. The fourth-order valence-electron chi connectivity index (χ4n) is 4.41. The molecule has 3 heterocycles. The molecule has 0 spiro atoms. The maximum absolute atomic E-state index is 14.4. The van der Waals surface area contributed by atoms with Crippen LogP contribution < -0.4 is 4.74 Å². The molecule has 0 saturated carbocycles. The number of hydrogen-bond acceptors (Lipinski definition) is 6. The maximum Gasteiger partial charge on any atom is 0.338 e. The van der Waals surface area contributed by atoms with Gasteiger partial charge in [-0.1, -0.05) is 6.92 Å². The third kappa shape index (κ3) is 4.16. The van der Waals surface area contributed by atoms with Gasteiger partial charge in [-0.15, -0.1) is 0 Å². The lowest BCUT2D eigenvalue weighted by atomic mass is 9.82. The number of fused-ring (bicyclic) bond motifs is 2. The van der Waals surface area contributed by atoms with Crippen molar-refractivity contribution in [3.8, 4) is 5.75 Å². The summed E-state index contributed by atoms with van der Waals surface area (Å²) < 4.78 is 31.4. The minimum Gasteiger partial charge on any atom is -0.483 e. The van der Waals surface area contributed by atoms with Gasteiger partial charge in [0, 0.05) is 36.6 Å². The van der Waals surface area contributed by atoms with Gasteiger partial charge in [-0.25, -0.2) is 9.18 Å². The van der Waals surface area contributed by atoms with Gasteiger partial charge in [-0.2, -0.15) is 11.8 Å². The molecular weight excluding hydrogens is 381 g/mol. The second kappa shape index (κ2) is 8.59. The monoisotopic (exact) mass is 409 g/mol. The smallest absolute Gasteiger partial charge is 0.338 e. The summed E-state index contributed by atoms with van der Waals surface area (Å²) in [6, 6.07) is 4.27. The summed E-state index contributed by atoms with van der Waals surface area (Å²) in [6.45, 7) is 6.22. The summed E-state index contributed by atoms with van der Waals surface area (Å²) in [7, 11) is 0. The average Bonchev–Trinajstić information content (AvgIpc) is 3.32. The zero-order valence-electron chi connectivity index (χ0n) is 16.3. The number of ether oxygens (including phenoxy) is 3. The van der Waals surface area contributed by atoms with Crippen LogP contribution in [0, 0.1) is 5.82 Å². The molecule has 3 unspecified atom stereocenters. The fourth-order valence-corrected chi connectivity index (χ4v) is 6.36. The van der Waals surface area contributed by atoms with Gasteiger partial charge in [0.1, 0.15) is 12.2 Å². The summed E-state index contributed by atoms with van der Waals surface area (Å²) in [5, 5.41) is 1.02. The highest BCUT2D eigenvalue weighted by Gasteiger charge is 2.52. The molecule has 2 bridgehead atoms. The molecule has 3 aliphatic rings. The standard InChI is InChI=1S/C21H28FNO4S/c1-2-21(14-16-4-6-19(21)28-16)27-18-13-15(3-5-17(18)22)20(24)26-12-9-23-7-10-25-11-8-23/h3,5,13,16,19H,2,4,6-12,14H2,1H3. The van der Waals surface area contributed by atoms with Crippen molar-refractivity contribution in [3.63, 3.8) is 0 Å². The van der Waals surface area contributed by atoms with Crippen molar-refractivity contribution >= 4 is 17.7 Å². The third-order valence-electron chi connectivity index (χ3n) is 6.09. The van der Waals surface area contributed by atoms with E-state index >= 15 is 0 Å². The Labute approximate surface area is 169 Å². The van der Waals surface area contributed by atoms with Crippen LogP contribution in [0.1, 0.15) is 43.0 Å². The largest absolute Gasteiger partial charge is 0.483 e. The van der Waals surface area contributed by atoms with Crippen LogP contribution in [-0.2, 0) is 9.47 Å². The molecule has 1 aromatic carbocycles. The number of carbonyl (C=O) groups is 1. The Hall–Kier alpha value is -1.31. The highest BCUT2D eigenvalue weighted by atomic mass is 32.2. The Kier molecular flexibility index (Phi) is 6.13. The number of hydrogen-bond donors (Lipinski definition) is 0. The topological polar surface area (TPSA) is 48.0 Å². The zero-order chi connectivity index (χ0) is 19.6. The SMILES string of the molecule is CCC1(Oc2cc(C(=O)OCCN3CCOCC3)ccc2F)CC2CCC1S2. The predicted octanol–water partition coefficient (Wildman–Crippen LogP) is 3.51. The molecule has 7 heteroatoms. The molecule has 28 heavy (non-hydrogen) atoms. The Morgan fingerprint density at radius 3 is 2.86 bits per heavy atom. The van der Waals surface area contributed by atoms with Crippen molar-refractivity contribution in [2.75, 3.05) is 39.5 Å². The predicted molar refractivity (Wildman–Crippen MR) is 107 cm³/mol. The number of carbonyl (C=O) groups excluding carboxylic acids is 1. The molecule has 0 aliphatic carbocycles. The Morgan fingerprint density at radius 1 is 1.36 bits per heavy atom. The molecule has 4 rings (SSSR count). The van der Waals surface area contributed by atoms with Crippen LogP contribution >= 0.6 is 11.8 Å². The lowest BCUT2D eigenvalue weighted by molar-refractivity contribution is 0.0193. The van der Waals surface area contributed by atoms with Gasteiger partial charge < -0.3 is 14.2 Å². The Balaban J connectivity index is 1.38. The van der Waals surface area contributed by atoms with E-state index in [9.17, 15) is 9.18 Å². The number of thioether (sulfide) groups is 1. The van der Waals surface area contributed by atoms with Crippen molar-refractivity contribution in [1.29, 1.82) is 0 Å². The van der Waals surface area contributed by atoms with Crippen molar-refractivity contribution in [1.82, 2.24) is 4.90 Å².